The van der Waals surface area contributed by atoms with E-state index in [0.29, 0.717) is 0 Å². The van der Waals surface area contributed by atoms with Crippen LogP contribution in [0, 0.1) is 0 Å². The number of rotatable bonds is 4. The van der Waals surface area contributed by atoms with Gasteiger partial charge in [0.05, 0.1) is 12.7 Å². The van der Waals surface area contributed by atoms with E-state index < -0.39 is 0 Å². The summed E-state index contributed by atoms with van der Waals surface area (Å²) >= 11 is 0. The molecule has 0 aromatic carbocycles. The van der Waals surface area contributed by atoms with Crippen molar-refractivity contribution >= 4 is 0 Å². The normalized spacial score (nSPS) is 23.6. The number of hydrogen-bond acceptors (Lipinski definition) is 3. The van der Waals surface area contributed by atoms with Crippen LogP contribution in [0.1, 0.15) is 40.5 Å². The summed E-state index contributed by atoms with van der Waals surface area (Å²) < 4.78 is 8.14. The molecular weight excluding hydrogens is 240 g/mol. The summed E-state index contributed by atoms with van der Waals surface area (Å²) in [4.78, 5) is 0. The third-order valence-corrected chi connectivity index (χ3v) is 3.97. The molecule has 1 fully saturated rings. The Morgan fingerprint density at radius 3 is 2.16 bits per heavy atom. The van der Waals surface area contributed by atoms with Crippen molar-refractivity contribution in [3.63, 3.8) is 0 Å². The van der Waals surface area contributed by atoms with E-state index >= 15 is 0 Å². The van der Waals surface area contributed by atoms with E-state index in [1.165, 1.54) is 5.06 Å². The van der Waals surface area contributed by atoms with E-state index in [2.05, 4.69) is 32.3 Å². The van der Waals surface area contributed by atoms with Crippen LogP contribution in [0.5, 0.6) is 0 Å². The Morgan fingerprint density at radius 2 is 1.63 bits per heavy atom. The van der Waals surface area contributed by atoms with Gasteiger partial charge in [0.2, 0.25) is 0 Å². The van der Waals surface area contributed by atoms with Gasteiger partial charge in [0.15, 0.2) is 0 Å². The highest BCUT2D eigenvalue weighted by Crippen LogP contribution is 2.37. The van der Waals surface area contributed by atoms with Crippen LogP contribution >= 0.6 is 0 Å². The molecule has 1 N–H and O–H groups in total. The second kappa shape index (κ2) is 5.27. The Bertz CT molecular complexity index is 380. The second-order valence-electron chi connectivity index (χ2n) is 6.76. The fraction of sp³-hybridized carbons (Fsp3) is 0.733. The Morgan fingerprint density at radius 1 is 1.11 bits per heavy atom. The van der Waals surface area contributed by atoms with Crippen molar-refractivity contribution < 1.29 is 9.94 Å². The lowest BCUT2D eigenvalue weighted by Crippen LogP contribution is -2.60. The molecule has 1 saturated heterocycles. The molecule has 1 aliphatic heterocycles. The van der Waals surface area contributed by atoms with Crippen molar-refractivity contribution in [2.45, 2.75) is 64.3 Å². The number of aromatic nitrogens is 1. The van der Waals surface area contributed by atoms with Gasteiger partial charge in [0.1, 0.15) is 0 Å². The van der Waals surface area contributed by atoms with E-state index in [-0.39, 0.29) is 17.2 Å². The van der Waals surface area contributed by atoms with Crippen LogP contribution in [0.25, 0.3) is 0 Å². The highest BCUT2D eigenvalue weighted by molar-refractivity contribution is 4.96. The number of hydrogen-bond donors (Lipinski definition) is 1. The van der Waals surface area contributed by atoms with Crippen molar-refractivity contribution in [2.75, 3.05) is 6.61 Å². The summed E-state index contributed by atoms with van der Waals surface area (Å²) in [6, 6.07) is 4.05. The average Bonchev–Trinajstić information content (AvgIpc) is 2.78. The van der Waals surface area contributed by atoms with Crippen LogP contribution in [-0.2, 0) is 11.3 Å². The molecule has 2 heterocycles. The van der Waals surface area contributed by atoms with E-state index in [0.717, 1.165) is 26.0 Å². The molecule has 1 aromatic rings. The van der Waals surface area contributed by atoms with Crippen molar-refractivity contribution in [3.05, 3.63) is 24.5 Å². The first kappa shape index (κ1) is 14.6. The molecule has 0 saturated carbocycles. The molecule has 0 spiro atoms. The van der Waals surface area contributed by atoms with Crippen LogP contribution in [0.15, 0.2) is 24.5 Å². The van der Waals surface area contributed by atoms with Crippen LogP contribution in [0.3, 0.4) is 0 Å². The van der Waals surface area contributed by atoms with E-state index in [1.54, 1.807) is 0 Å². The zero-order chi connectivity index (χ0) is 14.1. The number of hydroxylamine groups is 2. The van der Waals surface area contributed by atoms with Crippen LogP contribution in [0.4, 0.5) is 0 Å². The Kier molecular flexibility index (Phi) is 4.04. The zero-order valence-corrected chi connectivity index (χ0v) is 12.5. The molecule has 2 rings (SSSR count). The monoisotopic (exact) mass is 266 g/mol. The molecule has 0 atom stereocenters. The SMILES string of the molecule is CC1(C)CC(OCCn2cccc2)CC(C)(C)N1O. The average molecular weight is 266 g/mol. The largest absolute Gasteiger partial charge is 0.376 e. The summed E-state index contributed by atoms with van der Waals surface area (Å²) in [5.41, 5.74) is -0.472. The molecule has 1 aromatic heterocycles. The van der Waals surface area contributed by atoms with Gasteiger partial charge >= 0.3 is 0 Å². The number of nitrogens with zero attached hydrogens (tertiary/aromatic N) is 2. The van der Waals surface area contributed by atoms with E-state index in [9.17, 15) is 5.21 Å². The number of piperidine rings is 1. The fourth-order valence-corrected chi connectivity index (χ4v) is 3.14. The van der Waals surface area contributed by atoms with Crippen molar-refractivity contribution in [3.8, 4) is 0 Å². The lowest BCUT2D eigenvalue weighted by molar-refractivity contribution is -0.261. The maximum Gasteiger partial charge on any atom is 0.0649 e. The van der Waals surface area contributed by atoms with Gasteiger partial charge in [-0.05, 0) is 52.7 Å². The van der Waals surface area contributed by atoms with E-state index in [1.807, 2.05) is 24.5 Å². The maximum absolute atomic E-state index is 10.2. The lowest BCUT2D eigenvalue weighted by atomic mass is 9.80. The number of ether oxygens (including phenoxy) is 1. The molecule has 108 valence electrons. The quantitative estimate of drug-likeness (QED) is 0.910. The van der Waals surface area contributed by atoms with Crippen molar-refractivity contribution in [1.82, 2.24) is 9.63 Å². The summed E-state index contributed by atoms with van der Waals surface area (Å²) in [5, 5.41) is 11.7. The molecule has 0 bridgehead atoms. The molecular formula is C15H26N2O2. The van der Waals surface area contributed by atoms with Gasteiger partial charge in [0.25, 0.3) is 0 Å². The van der Waals surface area contributed by atoms with Gasteiger partial charge in [-0.3, -0.25) is 0 Å². The van der Waals surface area contributed by atoms with Gasteiger partial charge in [-0.2, -0.15) is 5.06 Å². The summed E-state index contributed by atoms with van der Waals surface area (Å²) in [6.07, 6.45) is 6.03. The van der Waals surface area contributed by atoms with Gasteiger partial charge in [-0.25, -0.2) is 0 Å². The molecule has 0 amide bonds. The fourth-order valence-electron chi connectivity index (χ4n) is 3.14. The minimum absolute atomic E-state index is 0.212. The van der Waals surface area contributed by atoms with Gasteiger partial charge in [-0.15, -0.1) is 0 Å². The minimum Gasteiger partial charge on any atom is -0.376 e. The standard InChI is InChI=1S/C15H26N2O2/c1-14(2)11-13(12-15(3,4)17(14)18)19-10-9-16-7-5-6-8-16/h5-8,13,18H,9-12H2,1-4H3. The smallest absolute Gasteiger partial charge is 0.0649 e. The molecule has 0 radical (unpaired) electrons. The first-order chi connectivity index (χ1) is 8.81. The predicted molar refractivity (Wildman–Crippen MR) is 75.2 cm³/mol. The van der Waals surface area contributed by atoms with Crippen LogP contribution in [-0.4, -0.2) is 38.6 Å². The predicted octanol–water partition coefficient (Wildman–Crippen LogP) is 2.92. The lowest BCUT2D eigenvalue weighted by Gasteiger charge is -2.51. The summed E-state index contributed by atoms with van der Waals surface area (Å²) in [5.74, 6) is 0. The summed E-state index contributed by atoms with van der Waals surface area (Å²) in [6.45, 7) is 9.86. The zero-order valence-electron chi connectivity index (χ0n) is 12.5. The van der Waals surface area contributed by atoms with Gasteiger partial charge < -0.3 is 14.5 Å². The van der Waals surface area contributed by atoms with Crippen molar-refractivity contribution in [2.24, 2.45) is 0 Å². The van der Waals surface area contributed by atoms with Crippen molar-refractivity contribution in [1.29, 1.82) is 0 Å². The topological polar surface area (TPSA) is 37.6 Å². The molecule has 19 heavy (non-hydrogen) atoms. The van der Waals surface area contributed by atoms with Gasteiger partial charge in [0, 0.05) is 30.0 Å². The first-order valence-electron chi connectivity index (χ1n) is 7.03. The molecule has 0 unspecified atom stereocenters. The highest BCUT2D eigenvalue weighted by Gasteiger charge is 2.45. The minimum atomic E-state index is -0.236. The molecule has 4 heteroatoms. The van der Waals surface area contributed by atoms with Crippen LogP contribution in [0.2, 0.25) is 0 Å². The van der Waals surface area contributed by atoms with Crippen LogP contribution < -0.4 is 0 Å². The van der Waals surface area contributed by atoms with E-state index in [4.69, 9.17) is 4.74 Å². The highest BCUT2D eigenvalue weighted by atomic mass is 16.5. The molecule has 0 aliphatic carbocycles. The third kappa shape index (κ3) is 3.38. The Hall–Kier alpha value is -0.840. The second-order valence-corrected chi connectivity index (χ2v) is 6.76. The third-order valence-electron chi connectivity index (χ3n) is 3.97. The Balaban J connectivity index is 1.87. The Labute approximate surface area is 115 Å². The molecule has 4 nitrogen and oxygen atoms in total. The first-order valence-corrected chi connectivity index (χ1v) is 7.03. The molecule has 1 aliphatic rings. The maximum atomic E-state index is 10.2. The van der Waals surface area contributed by atoms with Gasteiger partial charge in [-0.1, -0.05) is 0 Å². The summed E-state index contributed by atoms with van der Waals surface area (Å²) in [7, 11) is 0.